The van der Waals surface area contributed by atoms with Crippen LogP contribution in [0.15, 0.2) is 24.3 Å². The van der Waals surface area contributed by atoms with Crippen LogP contribution in [0.5, 0.6) is 0 Å². The Balaban J connectivity index is 1.74. The van der Waals surface area contributed by atoms with Crippen molar-refractivity contribution in [3.63, 3.8) is 0 Å². The molecule has 0 aliphatic carbocycles. The molecule has 20 heavy (non-hydrogen) atoms. The Morgan fingerprint density at radius 3 is 2.10 bits per heavy atom. The Bertz CT molecular complexity index is 495. The monoisotopic (exact) mass is 284 g/mol. The molecule has 2 fully saturated rings. The fraction of sp³-hybridized carbons (Fsp3) is 0.533. The number of ether oxygens (including phenoxy) is 1. The lowest BCUT2D eigenvalue weighted by Crippen LogP contribution is -2.30. The number of benzene rings is 1. The molecule has 0 N–H and O–H groups in total. The lowest BCUT2D eigenvalue weighted by Gasteiger charge is -2.27. The maximum absolute atomic E-state index is 12.5. The molecular formula is C15H15F3O2. The zero-order valence-corrected chi connectivity index (χ0v) is 10.8. The molecule has 0 aromatic heterocycles. The van der Waals surface area contributed by atoms with Crippen LogP contribution in [-0.4, -0.2) is 18.0 Å². The predicted octanol–water partition coefficient (Wildman–Crippen LogP) is 3.85. The predicted molar refractivity (Wildman–Crippen MR) is 66.4 cm³/mol. The van der Waals surface area contributed by atoms with E-state index in [1.54, 1.807) is 0 Å². The average Bonchev–Trinajstić information content (AvgIpc) is 2.76. The SMILES string of the molecule is O=C(c1ccc(C(F)(F)F)cc1)C1CC2CCC(C1)O2. The molecule has 1 aromatic rings. The smallest absolute Gasteiger partial charge is 0.375 e. The molecule has 0 amide bonds. The Hall–Kier alpha value is -1.36. The van der Waals surface area contributed by atoms with E-state index in [2.05, 4.69) is 0 Å². The van der Waals surface area contributed by atoms with Crippen LogP contribution < -0.4 is 0 Å². The number of ketones is 1. The van der Waals surface area contributed by atoms with E-state index in [-0.39, 0.29) is 23.9 Å². The molecule has 108 valence electrons. The summed E-state index contributed by atoms with van der Waals surface area (Å²) < 4.78 is 43.1. The Morgan fingerprint density at radius 2 is 1.60 bits per heavy atom. The third-order valence-electron chi connectivity index (χ3n) is 4.16. The third-order valence-corrected chi connectivity index (χ3v) is 4.16. The van der Waals surface area contributed by atoms with Gasteiger partial charge in [-0.1, -0.05) is 12.1 Å². The van der Waals surface area contributed by atoms with Crippen LogP contribution in [-0.2, 0) is 10.9 Å². The molecule has 0 saturated carbocycles. The molecule has 2 aliphatic rings. The van der Waals surface area contributed by atoms with Crippen LogP contribution in [0.2, 0.25) is 0 Å². The molecular weight excluding hydrogens is 269 g/mol. The number of fused-ring (bicyclic) bond motifs is 2. The highest BCUT2D eigenvalue weighted by Crippen LogP contribution is 2.37. The van der Waals surface area contributed by atoms with Gasteiger partial charge in [-0.15, -0.1) is 0 Å². The van der Waals surface area contributed by atoms with Crippen molar-refractivity contribution in [1.82, 2.24) is 0 Å². The van der Waals surface area contributed by atoms with E-state index in [0.717, 1.165) is 25.0 Å². The number of rotatable bonds is 2. The molecule has 2 aliphatic heterocycles. The van der Waals surface area contributed by atoms with Gasteiger partial charge in [0.2, 0.25) is 0 Å². The second-order valence-corrected chi connectivity index (χ2v) is 5.57. The second kappa shape index (κ2) is 4.88. The van der Waals surface area contributed by atoms with Crippen LogP contribution in [0, 0.1) is 5.92 Å². The molecule has 3 rings (SSSR count). The number of Topliss-reactive ketones (excluding diaryl/α,β-unsaturated/α-hetero) is 1. The van der Waals surface area contributed by atoms with E-state index in [4.69, 9.17) is 4.74 Å². The standard InChI is InChI=1S/C15H15F3O2/c16-15(17,18)11-3-1-9(2-4-11)14(19)10-7-12-5-6-13(8-10)20-12/h1-4,10,12-13H,5-8H2. The van der Waals surface area contributed by atoms with Gasteiger partial charge in [0.25, 0.3) is 0 Å². The molecule has 2 atom stereocenters. The van der Waals surface area contributed by atoms with Crippen molar-refractivity contribution in [3.8, 4) is 0 Å². The van der Waals surface area contributed by atoms with Crippen molar-refractivity contribution >= 4 is 5.78 Å². The number of carbonyl (C=O) groups excluding carboxylic acids is 1. The van der Waals surface area contributed by atoms with Gasteiger partial charge >= 0.3 is 6.18 Å². The first-order chi connectivity index (χ1) is 9.43. The summed E-state index contributed by atoms with van der Waals surface area (Å²) in [5.74, 6) is -0.170. The molecule has 5 heteroatoms. The van der Waals surface area contributed by atoms with Gasteiger partial charge in [-0.2, -0.15) is 13.2 Å². The summed E-state index contributed by atoms with van der Waals surface area (Å²) in [5.41, 5.74) is -0.356. The Kier molecular flexibility index (Phi) is 3.32. The second-order valence-electron chi connectivity index (χ2n) is 5.57. The van der Waals surface area contributed by atoms with Crippen molar-refractivity contribution in [2.45, 2.75) is 44.1 Å². The van der Waals surface area contributed by atoms with Crippen molar-refractivity contribution in [2.24, 2.45) is 5.92 Å². The van der Waals surface area contributed by atoms with E-state index in [1.807, 2.05) is 0 Å². The summed E-state index contributed by atoms with van der Waals surface area (Å²) in [5, 5.41) is 0. The molecule has 2 nitrogen and oxygen atoms in total. The molecule has 0 spiro atoms. The molecule has 1 aromatic carbocycles. The number of hydrogen-bond donors (Lipinski definition) is 0. The maximum atomic E-state index is 12.5. The zero-order chi connectivity index (χ0) is 14.3. The van der Waals surface area contributed by atoms with Crippen molar-refractivity contribution in [2.75, 3.05) is 0 Å². The fourth-order valence-corrected chi connectivity index (χ4v) is 3.13. The van der Waals surface area contributed by atoms with Gasteiger partial charge in [-0.3, -0.25) is 4.79 Å². The first-order valence-corrected chi connectivity index (χ1v) is 6.80. The van der Waals surface area contributed by atoms with Crippen LogP contribution in [0.4, 0.5) is 13.2 Å². The minimum absolute atomic E-state index is 0.0566. The Labute approximate surface area is 114 Å². The summed E-state index contributed by atoms with van der Waals surface area (Å²) in [6, 6.07) is 4.51. The van der Waals surface area contributed by atoms with Gasteiger partial charge in [0, 0.05) is 11.5 Å². The van der Waals surface area contributed by atoms with Gasteiger partial charge in [0.15, 0.2) is 5.78 Å². The van der Waals surface area contributed by atoms with Gasteiger partial charge in [0.1, 0.15) is 0 Å². The highest BCUT2D eigenvalue weighted by Gasteiger charge is 2.38. The van der Waals surface area contributed by atoms with Gasteiger partial charge < -0.3 is 4.74 Å². The third kappa shape index (κ3) is 2.59. The maximum Gasteiger partial charge on any atom is 0.416 e. The molecule has 2 unspecified atom stereocenters. The van der Waals surface area contributed by atoms with E-state index >= 15 is 0 Å². The normalized spacial score (nSPS) is 29.4. The Morgan fingerprint density at radius 1 is 1.05 bits per heavy atom. The van der Waals surface area contributed by atoms with Crippen LogP contribution in [0.3, 0.4) is 0 Å². The summed E-state index contributed by atoms with van der Waals surface area (Å²) in [4.78, 5) is 12.3. The van der Waals surface area contributed by atoms with E-state index in [9.17, 15) is 18.0 Å². The molecule has 2 bridgehead atoms. The van der Waals surface area contributed by atoms with Crippen LogP contribution in [0.1, 0.15) is 41.6 Å². The van der Waals surface area contributed by atoms with Crippen LogP contribution in [0.25, 0.3) is 0 Å². The highest BCUT2D eigenvalue weighted by atomic mass is 19.4. The van der Waals surface area contributed by atoms with Gasteiger partial charge in [0.05, 0.1) is 17.8 Å². The number of halogens is 3. The number of alkyl halides is 3. The van der Waals surface area contributed by atoms with Crippen LogP contribution >= 0.6 is 0 Å². The fourth-order valence-electron chi connectivity index (χ4n) is 3.13. The van der Waals surface area contributed by atoms with Gasteiger partial charge in [-0.05, 0) is 37.8 Å². The zero-order valence-electron chi connectivity index (χ0n) is 10.8. The van der Waals surface area contributed by atoms with E-state index in [1.165, 1.54) is 12.1 Å². The number of carbonyl (C=O) groups is 1. The summed E-state index contributed by atoms with van der Waals surface area (Å²) in [7, 11) is 0. The minimum Gasteiger partial charge on any atom is -0.375 e. The van der Waals surface area contributed by atoms with E-state index in [0.29, 0.717) is 18.4 Å². The first kappa shape index (κ1) is 13.6. The minimum atomic E-state index is -4.36. The topological polar surface area (TPSA) is 26.3 Å². The quantitative estimate of drug-likeness (QED) is 0.771. The molecule has 2 saturated heterocycles. The summed E-state index contributed by atoms with van der Waals surface area (Å²) in [6.07, 6.45) is -0.705. The summed E-state index contributed by atoms with van der Waals surface area (Å²) >= 11 is 0. The summed E-state index contributed by atoms with van der Waals surface area (Å²) in [6.45, 7) is 0. The molecule has 2 heterocycles. The van der Waals surface area contributed by atoms with Crippen molar-refractivity contribution in [1.29, 1.82) is 0 Å². The first-order valence-electron chi connectivity index (χ1n) is 6.80. The highest BCUT2D eigenvalue weighted by molar-refractivity contribution is 5.98. The van der Waals surface area contributed by atoms with E-state index < -0.39 is 11.7 Å². The molecule has 0 radical (unpaired) electrons. The lowest BCUT2D eigenvalue weighted by molar-refractivity contribution is -0.137. The number of hydrogen-bond acceptors (Lipinski definition) is 2. The lowest BCUT2D eigenvalue weighted by atomic mass is 9.88. The largest absolute Gasteiger partial charge is 0.416 e. The average molecular weight is 284 g/mol. The van der Waals surface area contributed by atoms with Gasteiger partial charge in [-0.25, -0.2) is 0 Å². The van der Waals surface area contributed by atoms with Crippen molar-refractivity contribution in [3.05, 3.63) is 35.4 Å². The van der Waals surface area contributed by atoms with Crippen molar-refractivity contribution < 1.29 is 22.7 Å².